The van der Waals surface area contributed by atoms with Crippen LogP contribution in [0.1, 0.15) is 114 Å². The first-order valence-electron chi connectivity index (χ1n) is 14.6. The van der Waals surface area contributed by atoms with E-state index in [4.69, 9.17) is 28.4 Å². The van der Waals surface area contributed by atoms with Gasteiger partial charge in [-0.25, -0.2) is 9.59 Å². The van der Waals surface area contributed by atoms with Gasteiger partial charge in [0.2, 0.25) is 0 Å². The Morgan fingerprint density at radius 2 is 1.54 bits per heavy atom. The lowest BCUT2D eigenvalue weighted by Crippen LogP contribution is -2.16. The van der Waals surface area contributed by atoms with Crippen molar-refractivity contribution in [2.45, 2.75) is 86.7 Å². The lowest BCUT2D eigenvalue weighted by molar-refractivity contribution is 0.0492. The molecule has 0 saturated carbocycles. The van der Waals surface area contributed by atoms with Crippen molar-refractivity contribution in [2.75, 3.05) is 26.4 Å². The predicted octanol–water partition coefficient (Wildman–Crippen LogP) is 7.29. The fourth-order valence-corrected chi connectivity index (χ4v) is 4.45. The lowest BCUT2D eigenvalue weighted by atomic mass is 10.00. The number of carbonyl (C=O) groups is 3. The molecule has 0 atom stereocenters. The maximum Gasteiger partial charge on any atom is 0.347 e. The fourth-order valence-electron chi connectivity index (χ4n) is 4.45. The Morgan fingerprint density at radius 1 is 0.878 bits per heavy atom. The van der Waals surface area contributed by atoms with Gasteiger partial charge in [0.15, 0.2) is 23.5 Å². The average molecular weight is 571 g/mol. The highest BCUT2D eigenvalue weighted by Crippen LogP contribution is 2.50. The van der Waals surface area contributed by atoms with E-state index in [0.29, 0.717) is 55.0 Å². The summed E-state index contributed by atoms with van der Waals surface area (Å²) in [5.74, 6) is -0.510. The molecule has 3 rings (SSSR count). The third-order valence-corrected chi connectivity index (χ3v) is 6.78. The number of aryl methyl sites for hydroxylation is 1. The molecule has 0 amide bonds. The van der Waals surface area contributed by atoms with Gasteiger partial charge in [0.25, 0.3) is 0 Å². The van der Waals surface area contributed by atoms with E-state index in [1.165, 1.54) is 0 Å². The molecule has 0 aromatic heterocycles. The van der Waals surface area contributed by atoms with Crippen molar-refractivity contribution in [1.82, 2.24) is 0 Å². The zero-order valence-electron chi connectivity index (χ0n) is 25.1. The highest BCUT2D eigenvalue weighted by Gasteiger charge is 2.36. The van der Waals surface area contributed by atoms with Crippen molar-refractivity contribution in [3.63, 3.8) is 0 Å². The second-order valence-electron chi connectivity index (χ2n) is 9.92. The van der Waals surface area contributed by atoms with E-state index < -0.39 is 11.9 Å². The van der Waals surface area contributed by atoms with E-state index >= 15 is 0 Å². The number of rotatable bonds is 16. The minimum atomic E-state index is -0.700. The smallest absolute Gasteiger partial charge is 0.347 e. The Balaban J connectivity index is 2.29. The summed E-state index contributed by atoms with van der Waals surface area (Å²) in [6.45, 7) is 12.7. The normalized spacial score (nSPS) is 12.0. The van der Waals surface area contributed by atoms with Crippen LogP contribution in [-0.2, 0) is 16.1 Å². The Morgan fingerprint density at radius 3 is 2.17 bits per heavy atom. The SMILES string of the molecule is CCCCOC(=O)c1c(C)c2c(c(COCC)c1OCCCC)OC(=O)c1c(C)cc(OCCCC)c(C=O)c1O2. The molecule has 0 spiro atoms. The van der Waals surface area contributed by atoms with Crippen LogP contribution in [0.2, 0.25) is 0 Å². The molecule has 0 unspecified atom stereocenters. The first-order valence-corrected chi connectivity index (χ1v) is 14.6. The van der Waals surface area contributed by atoms with Crippen LogP contribution in [0.25, 0.3) is 0 Å². The number of aldehydes is 1. The van der Waals surface area contributed by atoms with E-state index in [-0.39, 0.29) is 52.9 Å². The molecule has 9 nitrogen and oxygen atoms in total. The Bertz CT molecular complexity index is 1250. The van der Waals surface area contributed by atoms with Gasteiger partial charge in [0, 0.05) is 12.2 Å². The number of benzene rings is 2. The maximum absolute atomic E-state index is 13.6. The molecule has 0 fully saturated rings. The second kappa shape index (κ2) is 15.4. The molecule has 0 saturated heterocycles. The summed E-state index contributed by atoms with van der Waals surface area (Å²) < 4.78 is 35.8. The van der Waals surface area contributed by atoms with Crippen molar-refractivity contribution in [1.29, 1.82) is 0 Å². The maximum atomic E-state index is 13.6. The van der Waals surface area contributed by atoms with Crippen LogP contribution in [0.3, 0.4) is 0 Å². The average Bonchev–Trinajstić information content (AvgIpc) is 3.10. The summed E-state index contributed by atoms with van der Waals surface area (Å²) in [4.78, 5) is 39.5. The number of hydrogen-bond acceptors (Lipinski definition) is 9. The summed E-state index contributed by atoms with van der Waals surface area (Å²) in [5.41, 5.74) is 1.61. The van der Waals surface area contributed by atoms with Gasteiger partial charge in [0.1, 0.15) is 22.6 Å². The van der Waals surface area contributed by atoms with Crippen molar-refractivity contribution >= 4 is 18.2 Å². The zero-order valence-corrected chi connectivity index (χ0v) is 25.1. The van der Waals surface area contributed by atoms with Gasteiger partial charge >= 0.3 is 11.9 Å². The van der Waals surface area contributed by atoms with E-state index in [1.807, 2.05) is 27.7 Å². The van der Waals surface area contributed by atoms with Crippen LogP contribution in [0.4, 0.5) is 0 Å². The van der Waals surface area contributed by atoms with Gasteiger partial charge < -0.3 is 28.4 Å². The minimum absolute atomic E-state index is 0.00625. The molecule has 41 heavy (non-hydrogen) atoms. The van der Waals surface area contributed by atoms with Crippen LogP contribution < -0.4 is 18.9 Å². The van der Waals surface area contributed by atoms with Gasteiger partial charge in [-0.2, -0.15) is 0 Å². The first kappa shape index (κ1) is 31.9. The summed E-state index contributed by atoms with van der Waals surface area (Å²) >= 11 is 0. The van der Waals surface area contributed by atoms with Gasteiger partial charge in [-0.05, 0) is 51.7 Å². The molecule has 1 heterocycles. The monoisotopic (exact) mass is 570 g/mol. The van der Waals surface area contributed by atoms with Crippen molar-refractivity contribution in [2.24, 2.45) is 0 Å². The van der Waals surface area contributed by atoms with Gasteiger partial charge in [-0.1, -0.05) is 40.0 Å². The first-order chi connectivity index (χ1) is 19.8. The van der Waals surface area contributed by atoms with Crippen molar-refractivity contribution in [3.8, 4) is 28.7 Å². The lowest BCUT2D eigenvalue weighted by Gasteiger charge is -2.22. The number of esters is 2. The van der Waals surface area contributed by atoms with Crippen LogP contribution in [-0.4, -0.2) is 44.7 Å². The summed E-state index contributed by atoms with van der Waals surface area (Å²) in [7, 11) is 0. The summed E-state index contributed by atoms with van der Waals surface area (Å²) in [6, 6.07) is 1.64. The van der Waals surface area contributed by atoms with Crippen LogP contribution in [0.5, 0.6) is 28.7 Å². The second-order valence-corrected chi connectivity index (χ2v) is 9.92. The summed E-state index contributed by atoms with van der Waals surface area (Å²) in [6.07, 6.45) is 5.51. The number of fused-ring (bicyclic) bond motifs is 2. The Kier molecular flexibility index (Phi) is 12.0. The van der Waals surface area contributed by atoms with Crippen molar-refractivity contribution in [3.05, 3.63) is 39.4 Å². The quantitative estimate of drug-likeness (QED) is 0.0889. The molecule has 224 valence electrons. The van der Waals surface area contributed by atoms with Crippen LogP contribution in [0.15, 0.2) is 6.07 Å². The van der Waals surface area contributed by atoms with Crippen LogP contribution >= 0.6 is 0 Å². The third-order valence-electron chi connectivity index (χ3n) is 6.78. The van der Waals surface area contributed by atoms with Gasteiger partial charge in [0.05, 0.1) is 37.6 Å². The molecule has 9 heteroatoms. The van der Waals surface area contributed by atoms with E-state index in [0.717, 1.165) is 32.1 Å². The molecule has 2 aromatic rings. The molecule has 1 aliphatic heterocycles. The van der Waals surface area contributed by atoms with Crippen LogP contribution in [0, 0.1) is 13.8 Å². The number of unbranched alkanes of at least 4 members (excludes halogenated alkanes) is 3. The highest BCUT2D eigenvalue weighted by atomic mass is 16.6. The predicted molar refractivity (Wildman–Crippen MR) is 154 cm³/mol. The molecular weight excluding hydrogens is 528 g/mol. The largest absolute Gasteiger partial charge is 0.493 e. The van der Waals surface area contributed by atoms with Gasteiger partial charge in [-0.3, -0.25) is 4.79 Å². The fraction of sp³-hybridized carbons (Fsp3) is 0.531. The topological polar surface area (TPSA) is 107 Å². The highest BCUT2D eigenvalue weighted by molar-refractivity contribution is 6.03. The minimum Gasteiger partial charge on any atom is -0.493 e. The molecule has 1 aliphatic rings. The molecule has 0 N–H and O–H groups in total. The number of carbonyl (C=O) groups excluding carboxylic acids is 3. The van der Waals surface area contributed by atoms with Crippen molar-refractivity contribution < 1.29 is 42.8 Å². The Hall–Kier alpha value is -3.59. The van der Waals surface area contributed by atoms with E-state index in [2.05, 4.69) is 0 Å². The molecule has 0 radical (unpaired) electrons. The Labute approximate surface area is 242 Å². The number of ether oxygens (including phenoxy) is 6. The zero-order chi connectivity index (χ0) is 29.9. The van der Waals surface area contributed by atoms with E-state index in [1.54, 1.807) is 19.9 Å². The molecule has 0 aliphatic carbocycles. The standard InChI is InChI=1S/C32H42O9/c1-7-11-14-37-24-17-20(5)25-29(22(24)18-33)40-27-21(6)26(31(34)39-16-13-9-3)28(38-15-12-8-2)23(19-36-10-4)30(27)41-32(25)35/h17-18H,7-16,19H2,1-6H3. The molecule has 0 bridgehead atoms. The number of hydrogen-bond donors (Lipinski definition) is 0. The molecule has 2 aromatic carbocycles. The third kappa shape index (κ3) is 7.19. The molecular formula is C32H42O9. The summed E-state index contributed by atoms with van der Waals surface area (Å²) in [5, 5.41) is 0. The van der Waals surface area contributed by atoms with Gasteiger partial charge in [-0.15, -0.1) is 0 Å². The van der Waals surface area contributed by atoms with E-state index in [9.17, 15) is 14.4 Å².